The van der Waals surface area contributed by atoms with Crippen LogP contribution >= 0.6 is 0 Å². The fraction of sp³-hybridized carbons (Fsp3) is 0.167. The van der Waals surface area contributed by atoms with Gasteiger partial charge in [0.15, 0.2) is 0 Å². The molecule has 0 aliphatic carbocycles. The summed E-state index contributed by atoms with van der Waals surface area (Å²) >= 11 is 0. The SMILES string of the molecule is COC(=O)[C@H](Cc1cnc2ccccc2n1)NC(=O)c1ccccn1. The molecule has 0 unspecified atom stereocenters. The molecule has 3 aromatic rings. The standard InChI is InChI=1S/C18H16N4O3/c1-25-18(24)16(22-17(23)15-8-4-5-9-19-15)10-12-11-20-13-6-2-3-7-14(13)21-12/h2-9,11,16H,10H2,1H3,(H,22,23)/t16-/m0/s1. The van der Waals surface area contributed by atoms with Crippen molar-refractivity contribution in [1.29, 1.82) is 0 Å². The van der Waals surface area contributed by atoms with Crippen LogP contribution in [-0.2, 0) is 16.0 Å². The van der Waals surface area contributed by atoms with Gasteiger partial charge >= 0.3 is 5.97 Å². The molecule has 0 saturated carbocycles. The molecular formula is C18H16N4O3. The maximum atomic E-state index is 12.3. The lowest BCUT2D eigenvalue weighted by atomic mass is 10.1. The van der Waals surface area contributed by atoms with Gasteiger partial charge in [0.1, 0.15) is 11.7 Å². The molecule has 2 heterocycles. The fourth-order valence-electron chi connectivity index (χ4n) is 2.37. The molecule has 0 radical (unpaired) electrons. The van der Waals surface area contributed by atoms with Crippen LogP contribution in [0.15, 0.2) is 54.9 Å². The number of benzene rings is 1. The summed E-state index contributed by atoms with van der Waals surface area (Å²) in [4.78, 5) is 37.1. The van der Waals surface area contributed by atoms with E-state index in [2.05, 4.69) is 20.3 Å². The van der Waals surface area contributed by atoms with Crippen LogP contribution < -0.4 is 5.32 Å². The highest BCUT2D eigenvalue weighted by molar-refractivity contribution is 5.95. The summed E-state index contributed by atoms with van der Waals surface area (Å²) in [6.07, 6.45) is 3.27. The van der Waals surface area contributed by atoms with Crippen molar-refractivity contribution in [3.05, 3.63) is 66.2 Å². The summed E-state index contributed by atoms with van der Waals surface area (Å²) in [5.41, 5.74) is 2.29. The first-order valence-corrected chi connectivity index (χ1v) is 7.68. The lowest BCUT2D eigenvalue weighted by Gasteiger charge is -2.16. The Hall–Kier alpha value is -3.35. The fourth-order valence-corrected chi connectivity index (χ4v) is 2.37. The van der Waals surface area contributed by atoms with Gasteiger partial charge in [-0.1, -0.05) is 18.2 Å². The number of nitrogens with zero attached hydrogens (tertiary/aromatic N) is 3. The van der Waals surface area contributed by atoms with E-state index in [-0.39, 0.29) is 12.1 Å². The summed E-state index contributed by atoms with van der Waals surface area (Å²) in [5.74, 6) is -1.01. The number of fused-ring (bicyclic) bond motifs is 1. The number of hydrogen-bond acceptors (Lipinski definition) is 6. The number of rotatable bonds is 5. The van der Waals surface area contributed by atoms with E-state index in [1.807, 2.05) is 24.3 Å². The zero-order chi connectivity index (χ0) is 17.6. The number of carbonyl (C=O) groups excluding carboxylic acids is 2. The van der Waals surface area contributed by atoms with Crippen molar-refractivity contribution >= 4 is 22.9 Å². The lowest BCUT2D eigenvalue weighted by molar-refractivity contribution is -0.142. The monoisotopic (exact) mass is 336 g/mol. The second-order valence-corrected chi connectivity index (χ2v) is 5.32. The molecule has 2 aromatic heterocycles. The van der Waals surface area contributed by atoms with Crippen molar-refractivity contribution in [2.75, 3.05) is 7.11 Å². The number of methoxy groups -OCH3 is 1. The molecule has 0 bridgehead atoms. The maximum Gasteiger partial charge on any atom is 0.328 e. The molecule has 1 atom stereocenters. The number of hydrogen-bond donors (Lipinski definition) is 1. The number of para-hydroxylation sites is 2. The first-order chi connectivity index (χ1) is 12.2. The van der Waals surface area contributed by atoms with Gasteiger partial charge < -0.3 is 10.1 Å². The molecule has 1 amide bonds. The Kier molecular flexibility index (Phi) is 4.94. The Balaban J connectivity index is 1.80. The minimum Gasteiger partial charge on any atom is -0.467 e. The van der Waals surface area contributed by atoms with Gasteiger partial charge in [-0.05, 0) is 24.3 Å². The highest BCUT2D eigenvalue weighted by Crippen LogP contribution is 2.10. The molecule has 7 nitrogen and oxygen atoms in total. The average Bonchev–Trinajstić information content (AvgIpc) is 2.67. The third-order valence-electron chi connectivity index (χ3n) is 3.60. The van der Waals surface area contributed by atoms with Crippen molar-refractivity contribution in [3.8, 4) is 0 Å². The quantitative estimate of drug-likeness (QED) is 0.710. The third kappa shape index (κ3) is 3.95. The molecule has 1 N–H and O–H groups in total. The second-order valence-electron chi connectivity index (χ2n) is 5.32. The van der Waals surface area contributed by atoms with Crippen LogP contribution in [0.25, 0.3) is 11.0 Å². The molecule has 0 fully saturated rings. The first-order valence-electron chi connectivity index (χ1n) is 7.68. The number of carbonyl (C=O) groups is 2. The number of aromatic nitrogens is 3. The van der Waals surface area contributed by atoms with E-state index in [1.165, 1.54) is 13.3 Å². The Bertz CT molecular complexity index is 899. The van der Waals surface area contributed by atoms with Gasteiger partial charge in [-0.3, -0.25) is 14.8 Å². The summed E-state index contributed by atoms with van der Waals surface area (Å²) in [5, 5.41) is 2.64. The van der Waals surface area contributed by atoms with E-state index in [1.54, 1.807) is 24.4 Å². The van der Waals surface area contributed by atoms with Crippen LogP contribution in [0.1, 0.15) is 16.2 Å². The van der Waals surface area contributed by atoms with Crippen LogP contribution in [0.2, 0.25) is 0 Å². The van der Waals surface area contributed by atoms with Gasteiger partial charge in [-0.15, -0.1) is 0 Å². The summed E-state index contributed by atoms with van der Waals surface area (Å²) < 4.78 is 4.79. The molecule has 25 heavy (non-hydrogen) atoms. The summed E-state index contributed by atoms with van der Waals surface area (Å²) in [6, 6.07) is 11.5. The van der Waals surface area contributed by atoms with Crippen LogP contribution in [0, 0.1) is 0 Å². The van der Waals surface area contributed by atoms with Crippen molar-refractivity contribution in [2.45, 2.75) is 12.5 Å². The Labute approximate surface area is 144 Å². The highest BCUT2D eigenvalue weighted by atomic mass is 16.5. The molecule has 7 heteroatoms. The van der Waals surface area contributed by atoms with Crippen LogP contribution in [0.4, 0.5) is 0 Å². The topological polar surface area (TPSA) is 94.1 Å². The highest BCUT2D eigenvalue weighted by Gasteiger charge is 2.24. The average molecular weight is 336 g/mol. The van der Waals surface area contributed by atoms with Crippen LogP contribution in [0.3, 0.4) is 0 Å². The molecule has 0 saturated heterocycles. The van der Waals surface area contributed by atoms with Crippen molar-refractivity contribution in [2.24, 2.45) is 0 Å². The predicted octanol–water partition coefficient (Wildman–Crippen LogP) is 1.54. The molecule has 0 spiro atoms. The zero-order valence-electron chi connectivity index (χ0n) is 13.5. The first kappa shape index (κ1) is 16.5. The van der Waals surface area contributed by atoms with Gasteiger partial charge in [0.25, 0.3) is 5.91 Å². The number of nitrogens with one attached hydrogen (secondary N) is 1. The Morgan fingerprint density at radius 1 is 1.08 bits per heavy atom. The summed E-state index contributed by atoms with van der Waals surface area (Å²) in [6.45, 7) is 0. The minimum atomic E-state index is -0.880. The minimum absolute atomic E-state index is 0.170. The molecular weight excluding hydrogens is 320 g/mol. The molecule has 3 rings (SSSR count). The van der Waals surface area contributed by atoms with E-state index in [9.17, 15) is 9.59 Å². The van der Waals surface area contributed by atoms with E-state index in [0.717, 1.165) is 11.0 Å². The van der Waals surface area contributed by atoms with Gasteiger partial charge in [0, 0.05) is 18.8 Å². The number of pyridine rings is 1. The van der Waals surface area contributed by atoms with E-state index in [0.29, 0.717) is 5.69 Å². The number of ether oxygens (including phenoxy) is 1. The number of esters is 1. The third-order valence-corrected chi connectivity index (χ3v) is 3.60. The second kappa shape index (κ2) is 7.48. The maximum absolute atomic E-state index is 12.3. The molecule has 0 aliphatic rings. The Morgan fingerprint density at radius 2 is 1.84 bits per heavy atom. The predicted molar refractivity (Wildman–Crippen MR) is 90.7 cm³/mol. The van der Waals surface area contributed by atoms with Crippen LogP contribution in [-0.4, -0.2) is 40.0 Å². The van der Waals surface area contributed by atoms with Crippen LogP contribution in [0.5, 0.6) is 0 Å². The smallest absolute Gasteiger partial charge is 0.328 e. The van der Waals surface area contributed by atoms with E-state index >= 15 is 0 Å². The molecule has 0 aliphatic heterocycles. The zero-order valence-corrected chi connectivity index (χ0v) is 13.5. The van der Waals surface area contributed by atoms with Crippen molar-refractivity contribution in [3.63, 3.8) is 0 Å². The van der Waals surface area contributed by atoms with Crippen molar-refractivity contribution in [1.82, 2.24) is 20.3 Å². The lowest BCUT2D eigenvalue weighted by Crippen LogP contribution is -2.43. The van der Waals surface area contributed by atoms with Crippen molar-refractivity contribution < 1.29 is 14.3 Å². The molecule has 126 valence electrons. The molecule has 1 aromatic carbocycles. The summed E-state index contributed by atoms with van der Waals surface area (Å²) in [7, 11) is 1.27. The van der Waals surface area contributed by atoms with E-state index < -0.39 is 17.9 Å². The largest absolute Gasteiger partial charge is 0.467 e. The van der Waals surface area contributed by atoms with Gasteiger partial charge in [0.05, 0.1) is 23.8 Å². The van der Waals surface area contributed by atoms with Gasteiger partial charge in [0.2, 0.25) is 0 Å². The Morgan fingerprint density at radius 3 is 2.56 bits per heavy atom. The van der Waals surface area contributed by atoms with Gasteiger partial charge in [-0.25, -0.2) is 9.78 Å². The number of amides is 1. The van der Waals surface area contributed by atoms with E-state index in [4.69, 9.17) is 4.74 Å². The van der Waals surface area contributed by atoms with Gasteiger partial charge in [-0.2, -0.15) is 0 Å². The normalized spacial score (nSPS) is 11.7.